The number of ether oxygens (including phenoxy) is 1. The molecular weight excluding hydrogens is 252 g/mol. The van der Waals surface area contributed by atoms with Gasteiger partial charge in [0.25, 0.3) is 0 Å². The summed E-state index contributed by atoms with van der Waals surface area (Å²) in [6, 6.07) is 7.84. The van der Waals surface area contributed by atoms with Gasteiger partial charge in [-0.25, -0.2) is 0 Å². The molecular formula is C16H26N2O2. The summed E-state index contributed by atoms with van der Waals surface area (Å²) in [7, 11) is 0. The maximum atomic E-state index is 11.7. The van der Waals surface area contributed by atoms with Crippen LogP contribution in [0.1, 0.15) is 39.2 Å². The molecule has 1 unspecified atom stereocenters. The van der Waals surface area contributed by atoms with E-state index in [9.17, 15) is 4.79 Å². The largest absolute Gasteiger partial charge is 0.491 e. The molecule has 0 saturated carbocycles. The fourth-order valence-electron chi connectivity index (χ4n) is 1.68. The van der Waals surface area contributed by atoms with Crippen LogP contribution in [-0.4, -0.2) is 24.1 Å². The molecule has 0 radical (unpaired) electrons. The van der Waals surface area contributed by atoms with Crippen molar-refractivity contribution in [3.63, 3.8) is 0 Å². The zero-order valence-corrected chi connectivity index (χ0v) is 12.9. The first-order valence-electron chi connectivity index (χ1n) is 7.04. The molecule has 0 aliphatic rings. The minimum absolute atomic E-state index is 0.0172. The Kier molecular flexibility index (Phi) is 6.02. The number of amides is 1. The van der Waals surface area contributed by atoms with E-state index in [0.29, 0.717) is 19.4 Å². The van der Waals surface area contributed by atoms with E-state index in [2.05, 4.69) is 5.32 Å². The number of rotatable bonds is 7. The van der Waals surface area contributed by atoms with Crippen LogP contribution in [0, 0.1) is 6.92 Å². The lowest BCUT2D eigenvalue weighted by Gasteiger charge is -2.19. The number of carbonyl (C=O) groups is 1. The van der Waals surface area contributed by atoms with Crippen LogP contribution < -0.4 is 15.8 Å². The molecule has 0 aromatic heterocycles. The van der Waals surface area contributed by atoms with Gasteiger partial charge >= 0.3 is 0 Å². The number of carbonyl (C=O) groups excluding carboxylic acids is 1. The van der Waals surface area contributed by atoms with Gasteiger partial charge in [0.15, 0.2) is 0 Å². The Morgan fingerprint density at radius 2 is 1.95 bits per heavy atom. The summed E-state index contributed by atoms with van der Waals surface area (Å²) in [4.78, 5) is 11.7. The van der Waals surface area contributed by atoms with Crippen LogP contribution in [0.2, 0.25) is 0 Å². The normalized spacial score (nSPS) is 12.8. The first-order chi connectivity index (χ1) is 9.26. The molecule has 1 aromatic carbocycles. The van der Waals surface area contributed by atoms with Gasteiger partial charge in [-0.05, 0) is 46.2 Å². The lowest BCUT2D eigenvalue weighted by atomic mass is 10.00. The molecule has 0 bridgehead atoms. The quantitative estimate of drug-likeness (QED) is 0.805. The average molecular weight is 278 g/mol. The predicted molar refractivity (Wildman–Crippen MR) is 81.8 cm³/mol. The van der Waals surface area contributed by atoms with Crippen LogP contribution in [0.4, 0.5) is 0 Å². The lowest BCUT2D eigenvalue weighted by molar-refractivity contribution is -0.122. The SMILES string of the molecule is Cc1ccc(OCC(C)NC(=O)CCC(C)(C)N)cc1. The molecule has 0 heterocycles. The summed E-state index contributed by atoms with van der Waals surface area (Å²) in [6.45, 7) is 8.26. The molecule has 0 fully saturated rings. The van der Waals surface area contributed by atoms with Gasteiger partial charge in [-0.1, -0.05) is 17.7 Å². The Morgan fingerprint density at radius 3 is 2.50 bits per heavy atom. The summed E-state index contributed by atoms with van der Waals surface area (Å²) in [5.41, 5.74) is 6.75. The smallest absolute Gasteiger partial charge is 0.220 e. The van der Waals surface area contributed by atoms with Gasteiger partial charge in [-0.2, -0.15) is 0 Å². The zero-order chi connectivity index (χ0) is 15.2. The highest BCUT2D eigenvalue weighted by atomic mass is 16.5. The Bertz CT molecular complexity index is 421. The molecule has 4 heteroatoms. The van der Waals surface area contributed by atoms with Gasteiger partial charge in [0.05, 0.1) is 6.04 Å². The number of hydrogen-bond donors (Lipinski definition) is 2. The van der Waals surface area contributed by atoms with Crippen LogP contribution in [-0.2, 0) is 4.79 Å². The van der Waals surface area contributed by atoms with Crippen molar-refractivity contribution < 1.29 is 9.53 Å². The van der Waals surface area contributed by atoms with E-state index >= 15 is 0 Å². The maximum Gasteiger partial charge on any atom is 0.220 e. The summed E-state index contributed by atoms with van der Waals surface area (Å²) < 4.78 is 5.63. The number of nitrogens with one attached hydrogen (secondary N) is 1. The van der Waals surface area contributed by atoms with Gasteiger partial charge in [0.2, 0.25) is 5.91 Å². The molecule has 3 N–H and O–H groups in total. The van der Waals surface area contributed by atoms with Crippen molar-refractivity contribution in [2.75, 3.05) is 6.61 Å². The zero-order valence-electron chi connectivity index (χ0n) is 12.9. The first kappa shape index (κ1) is 16.5. The highest BCUT2D eigenvalue weighted by molar-refractivity contribution is 5.76. The maximum absolute atomic E-state index is 11.7. The van der Waals surface area contributed by atoms with Gasteiger partial charge < -0.3 is 15.8 Å². The summed E-state index contributed by atoms with van der Waals surface area (Å²) in [5.74, 6) is 0.836. The number of nitrogens with two attached hydrogens (primary N) is 1. The summed E-state index contributed by atoms with van der Waals surface area (Å²) >= 11 is 0. The monoisotopic (exact) mass is 278 g/mol. The number of aryl methyl sites for hydroxylation is 1. The summed E-state index contributed by atoms with van der Waals surface area (Å²) in [5, 5.41) is 2.91. The first-order valence-corrected chi connectivity index (χ1v) is 7.04. The molecule has 0 aliphatic heterocycles. The van der Waals surface area contributed by atoms with Crippen LogP contribution in [0.3, 0.4) is 0 Å². The Morgan fingerprint density at radius 1 is 1.35 bits per heavy atom. The molecule has 4 nitrogen and oxygen atoms in total. The summed E-state index contributed by atoms with van der Waals surface area (Å²) in [6.07, 6.45) is 1.11. The van der Waals surface area contributed by atoms with E-state index in [-0.39, 0.29) is 17.5 Å². The molecule has 1 atom stereocenters. The van der Waals surface area contributed by atoms with E-state index in [1.54, 1.807) is 0 Å². The molecule has 1 amide bonds. The topological polar surface area (TPSA) is 64.3 Å². The van der Waals surface area contributed by atoms with Crippen molar-refractivity contribution in [3.8, 4) is 5.75 Å². The van der Waals surface area contributed by atoms with Crippen molar-refractivity contribution >= 4 is 5.91 Å². The van der Waals surface area contributed by atoms with Gasteiger partial charge in [-0.15, -0.1) is 0 Å². The molecule has 0 aliphatic carbocycles. The van der Waals surface area contributed by atoms with E-state index in [4.69, 9.17) is 10.5 Å². The number of hydrogen-bond acceptors (Lipinski definition) is 3. The Labute approximate surface area is 121 Å². The van der Waals surface area contributed by atoms with Gasteiger partial charge in [0.1, 0.15) is 12.4 Å². The molecule has 0 saturated heterocycles. The highest BCUT2D eigenvalue weighted by Gasteiger charge is 2.14. The molecule has 1 rings (SSSR count). The molecule has 112 valence electrons. The average Bonchev–Trinajstić information content (AvgIpc) is 2.35. The van der Waals surface area contributed by atoms with Crippen LogP contribution in [0.5, 0.6) is 5.75 Å². The third-order valence-corrected chi connectivity index (χ3v) is 2.92. The Hall–Kier alpha value is -1.55. The standard InChI is InChI=1S/C16H26N2O2/c1-12-5-7-14(8-6-12)20-11-13(2)18-15(19)9-10-16(3,4)17/h5-8,13H,9-11,17H2,1-4H3,(H,18,19). The predicted octanol–water partition coefficient (Wildman–Crippen LogP) is 2.40. The van der Waals surface area contributed by atoms with E-state index in [1.165, 1.54) is 5.56 Å². The second kappa shape index (κ2) is 7.29. The van der Waals surface area contributed by atoms with Gasteiger partial charge in [-0.3, -0.25) is 4.79 Å². The second-order valence-electron chi connectivity index (χ2n) is 6.08. The van der Waals surface area contributed by atoms with Crippen molar-refractivity contribution in [3.05, 3.63) is 29.8 Å². The third kappa shape index (κ3) is 7.14. The van der Waals surface area contributed by atoms with Gasteiger partial charge in [0, 0.05) is 12.0 Å². The minimum Gasteiger partial charge on any atom is -0.491 e. The Balaban J connectivity index is 2.27. The van der Waals surface area contributed by atoms with Crippen LogP contribution >= 0.6 is 0 Å². The highest BCUT2D eigenvalue weighted by Crippen LogP contribution is 2.11. The van der Waals surface area contributed by atoms with E-state index < -0.39 is 0 Å². The third-order valence-electron chi connectivity index (χ3n) is 2.92. The second-order valence-corrected chi connectivity index (χ2v) is 6.08. The van der Waals surface area contributed by atoms with Crippen molar-refractivity contribution in [2.45, 2.75) is 52.1 Å². The van der Waals surface area contributed by atoms with Crippen molar-refractivity contribution in [1.82, 2.24) is 5.32 Å². The fourth-order valence-corrected chi connectivity index (χ4v) is 1.68. The fraction of sp³-hybridized carbons (Fsp3) is 0.562. The van der Waals surface area contributed by atoms with Crippen LogP contribution in [0.25, 0.3) is 0 Å². The minimum atomic E-state index is -0.307. The molecule has 20 heavy (non-hydrogen) atoms. The molecule has 0 spiro atoms. The number of benzene rings is 1. The van der Waals surface area contributed by atoms with E-state index in [0.717, 1.165) is 5.75 Å². The van der Waals surface area contributed by atoms with Crippen molar-refractivity contribution in [2.24, 2.45) is 5.73 Å². The lowest BCUT2D eigenvalue weighted by Crippen LogP contribution is -2.39. The van der Waals surface area contributed by atoms with Crippen molar-refractivity contribution in [1.29, 1.82) is 0 Å². The van der Waals surface area contributed by atoms with E-state index in [1.807, 2.05) is 52.0 Å². The van der Waals surface area contributed by atoms with Crippen LogP contribution in [0.15, 0.2) is 24.3 Å². The molecule has 1 aromatic rings.